The Morgan fingerprint density at radius 3 is 0.500 bits per heavy atom. The summed E-state index contributed by atoms with van der Waals surface area (Å²) in [7, 11) is 0. The Kier molecular flexibility index (Phi) is 193. The van der Waals surface area contributed by atoms with Crippen LogP contribution in [0.3, 0.4) is 0 Å². The number of hydrogen-bond donors (Lipinski definition) is 10. The predicted octanol–water partition coefficient (Wildman–Crippen LogP) is 32.3. The standard InChI is InChI=1S/2C10H18O2.4C8H14O2.2C7H12O2.C7H8.2C5H8O2.4C5H8.10CH3.5Ru/c2*1-7(2)8(11)6-9(12)10(3,4)5;2*1-6(9)5-7(10)8(2,3)4;2*1-6(2)4-8(10)5-7(3)9;2*1-5(2)7(9)4-6(3)8;1-2-7-4-3-6(1)5-7;2*1-4(6)3-5(2)7;4*1-3-5-4-2;;;;;;;;;;;;;;;/h2*6-7,12H,1-5H3;2*5,10H,1-4H3;2*5-6,10H,4H2,1-3H3;2*4-5,9H,1-3H3;1-4,6-7H,5H2;2*3,6H,1-2H3;4*3-5H,1H2,2H3;10*1H3;;;;;/q;;;;;;;;;;;;;;;10*-1;5*+2/b;;;;;;;;;;;4*5-4+;;;;;;;;;;;;;;;. The maximum atomic E-state index is 11.2. The number of carbonyl (C=O) groups excluding carboxylic acids is 10. The third kappa shape index (κ3) is 199. The van der Waals surface area contributed by atoms with E-state index in [0.29, 0.717) is 24.7 Å². The molecule has 0 fully saturated rings. The fourth-order valence-corrected chi connectivity index (χ4v) is 6.49. The van der Waals surface area contributed by atoms with E-state index in [1.165, 1.54) is 136 Å². The number of aliphatic hydroxyl groups is 10. The van der Waals surface area contributed by atoms with E-state index in [-0.39, 0.29) is 332 Å². The molecule has 0 heterocycles. The van der Waals surface area contributed by atoms with Gasteiger partial charge in [0.1, 0.15) is 23.0 Å². The number of aliphatic hydroxyl groups excluding tert-OH is 10. The van der Waals surface area contributed by atoms with Gasteiger partial charge < -0.3 is 125 Å². The largest absolute Gasteiger partial charge is 2.00 e. The molecule has 0 aromatic carbocycles. The van der Waals surface area contributed by atoms with Gasteiger partial charge in [0.15, 0.2) is 57.8 Å². The van der Waals surface area contributed by atoms with Crippen LogP contribution in [0.4, 0.5) is 0 Å². The smallest absolute Gasteiger partial charge is 0.512 e. The number of allylic oxidation sites excluding steroid dienone is 36. The summed E-state index contributed by atoms with van der Waals surface area (Å²) in [4.78, 5) is 105. The van der Waals surface area contributed by atoms with Crippen LogP contribution in [0.2, 0.25) is 0 Å². The molecule has 0 amide bonds. The average Bonchev–Trinajstić information content (AvgIpc) is 1.72. The molecule has 0 aromatic rings. The van der Waals surface area contributed by atoms with E-state index in [0.717, 1.165) is 11.8 Å². The molecule has 0 saturated carbocycles. The van der Waals surface area contributed by atoms with Crippen LogP contribution in [0.1, 0.15) is 282 Å². The molecule has 814 valence electrons. The van der Waals surface area contributed by atoms with Gasteiger partial charge in [-0.05, 0) is 127 Å². The minimum atomic E-state index is -0.329. The summed E-state index contributed by atoms with van der Waals surface area (Å²) in [5, 5.41) is 89.9. The van der Waals surface area contributed by atoms with Crippen molar-refractivity contribution in [2.75, 3.05) is 0 Å². The molecule has 10 N–H and O–H groups in total. The zero-order valence-corrected chi connectivity index (χ0v) is 104. The number of carbonyl (C=O) groups is 10. The normalized spacial score (nSPS) is 12.3. The zero-order valence-electron chi connectivity index (χ0n) is 94.9. The van der Waals surface area contributed by atoms with E-state index >= 15 is 0 Å². The Morgan fingerprint density at radius 2 is 0.435 bits per heavy atom. The summed E-state index contributed by atoms with van der Waals surface area (Å²) in [6.45, 7) is 80.7. The minimum Gasteiger partial charge on any atom is -0.512 e. The molecule has 0 aliphatic heterocycles. The second-order valence-corrected chi connectivity index (χ2v) is 34.0. The van der Waals surface area contributed by atoms with Crippen LogP contribution >= 0.6 is 0 Å². The van der Waals surface area contributed by atoms with E-state index in [1.54, 1.807) is 24.3 Å². The summed E-state index contributed by atoms with van der Waals surface area (Å²) >= 11 is 0. The van der Waals surface area contributed by atoms with Gasteiger partial charge in [-0.25, -0.2) is 0 Å². The number of rotatable bonds is 22. The zero-order chi connectivity index (χ0) is 101. The quantitative estimate of drug-likeness (QED) is 0.0120. The van der Waals surface area contributed by atoms with Crippen molar-refractivity contribution in [3.8, 4) is 0 Å². The van der Waals surface area contributed by atoms with Crippen LogP contribution in [0.5, 0.6) is 0 Å². The van der Waals surface area contributed by atoms with Crippen LogP contribution in [-0.4, -0.2) is 109 Å². The van der Waals surface area contributed by atoms with E-state index in [2.05, 4.69) is 50.6 Å². The summed E-state index contributed by atoms with van der Waals surface area (Å²) in [6.07, 6.45) is 46.5. The fraction of sp³-hybridized carbons (Fsp3) is 0.469. The van der Waals surface area contributed by atoms with Gasteiger partial charge in [0.25, 0.3) is 0 Å². The molecule has 25 heteroatoms. The molecule has 0 atom stereocenters. The van der Waals surface area contributed by atoms with Crippen LogP contribution in [0.25, 0.3) is 0 Å². The monoisotopic (exact) mass is 2390 g/mol. The first-order chi connectivity index (χ1) is 55.6. The van der Waals surface area contributed by atoms with Crippen molar-refractivity contribution in [3.05, 3.63) is 316 Å². The van der Waals surface area contributed by atoms with E-state index in [9.17, 15) is 68.4 Å². The van der Waals surface area contributed by atoms with Crippen molar-refractivity contribution in [2.24, 2.45) is 69.0 Å². The topological polar surface area (TPSA) is 373 Å². The Balaban J connectivity index is -0.0000000361. The van der Waals surface area contributed by atoms with E-state index in [4.69, 9.17) is 30.6 Å². The van der Waals surface area contributed by atoms with Gasteiger partial charge in [-0.3, -0.25) is 47.9 Å². The molecule has 0 unspecified atom stereocenters. The minimum absolute atomic E-state index is 0. The molecule has 0 aromatic heterocycles. The van der Waals surface area contributed by atoms with Gasteiger partial charge >= 0.3 is 97.4 Å². The summed E-state index contributed by atoms with van der Waals surface area (Å²) < 4.78 is 0. The molecule has 2 rings (SSSR count). The maximum Gasteiger partial charge on any atom is 2.00 e. The first-order valence-electron chi connectivity index (χ1n) is 41.1. The molecular weight excluding hydrogens is 2180 g/mol. The molecular formula is C113H202O20Ru5. The molecule has 0 spiro atoms. The van der Waals surface area contributed by atoms with Crippen molar-refractivity contribution >= 4 is 57.8 Å². The SMILES string of the molecule is C1=CC2C=CC1C2.C=C/C=C/C.C=C/C=C/C.C=C/C=C/C.C=C/C=C/C.CC(=O)C=C(C)O.CC(=O)C=C(C)O.CC(=O)C=C(O)C(C)(C)C.CC(=O)C=C(O)C(C)(C)C.CC(=O)C=C(O)C(C)C.CC(=O)C=C(O)C(C)C.CC(=O)C=C(O)CC(C)C.CC(=O)C=C(O)CC(C)C.CC(C)C(=O)C=C(O)C(C)(C)C.CC(C)C(=O)C=C(O)C(C)(C)C.[CH3-].[CH3-].[CH3-].[CH3-].[CH3-].[CH3-].[CH3-].[CH3-].[CH3-].[CH3-].[Ru+2].[Ru+2].[Ru+2].[Ru+2].[Ru+2]. The van der Waals surface area contributed by atoms with Crippen molar-refractivity contribution in [1.29, 1.82) is 0 Å². The second-order valence-electron chi connectivity index (χ2n) is 34.0. The second kappa shape index (κ2) is 128. The molecule has 138 heavy (non-hydrogen) atoms. The van der Waals surface area contributed by atoms with Gasteiger partial charge in [0, 0.05) is 119 Å². The summed E-state index contributed by atoms with van der Waals surface area (Å²) in [6, 6.07) is 0. The van der Waals surface area contributed by atoms with Crippen molar-refractivity contribution in [2.45, 2.75) is 282 Å². The van der Waals surface area contributed by atoms with Crippen molar-refractivity contribution < 1.29 is 196 Å². The van der Waals surface area contributed by atoms with Crippen LogP contribution < -0.4 is 0 Å². The molecule has 20 nitrogen and oxygen atoms in total. The third-order valence-corrected chi connectivity index (χ3v) is 13.2. The van der Waals surface area contributed by atoms with E-state index < -0.39 is 0 Å². The molecule has 2 aliphatic rings. The third-order valence-electron chi connectivity index (χ3n) is 13.2. The molecule has 2 aliphatic carbocycles. The summed E-state index contributed by atoms with van der Waals surface area (Å²) in [5.74, 6) is 2.86. The Labute approximate surface area is 914 Å². The van der Waals surface area contributed by atoms with E-state index in [1.807, 2.05) is 242 Å². The summed E-state index contributed by atoms with van der Waals surface area (Å²) in [5.41, 5.74) is -1.29. The molecule has 0 radical (unpaired) electrons. The first-order valence-corrected chi connectivity index (χ1v) is 41.1. The van der Waals surface area contributed by atoms with Gasteiger partial charge in [0.2, 0.25) is 0 Å². The van der Waals surface area contributed by atoms with Crippen molar-refractivity contribution in [1.82, 2.24) is 0 Å². The van der Waals surface area contributed by atoms with Gasteiger partial charge in [-0.2, -0.15) is 0 Å². The van der Waals surface area contributed by atoms with Gasteiger partial charge in [-0.15, -0.1) is 0 Å². The van der Waals surface area contributed by atoms with Crippen LogP contribution in [0, 0.1) is 143 Å². The Morgan fingerprint density at radius 1 is 0.275 bits per heavy atom. The van der Waals surface area contributed by atoms with Crippen molar-refractivity contribution in [3.63, 3.8) is 0 Å². The van der Waals surface area contributed by atoms with Gasteiger partial charge in [-0.1, -0.05) is 290 Å². The maximum absolute atomic E-state index is 11.2. The number of fused-ring (bicyclic) bond motifs is 2. The average molecular weight is 2390 g/mol. The molecule has 2 bridgehead atoms. The Bertz CT molecular complexity index is 3310. The molecule has 0 saturated heterocycles. The first kappa shape index (κ1) is 208. The number of ketones is 10. The van der Waals surface area contributed by atoms with Crippen LogP contribution in [-0.2, 0) is 145 Å². The van der Waals surface area contributed by atoms with Gasteiger partial charge in [0.05, 0.1) is 34.6 Å². The predicted molar refractivity (Wildman–Crippen MR) is 584 cm³/mol. The Hall–Kier alpha value is -7.38. The number of hydrogen-bond acceptors (Lipinski definition) is 20. The van der Waals surface area contributed by atoms with Crippen LogP contribution in [0.15, 0.2) is 242 Å². The fourth-order valence-electron chi connectivity index (χ4n) is 6.49.